The van der Waals surface area contributed by atoms with Crippen molar-refractivity contribution in [2.45, 2.75) is 69.6 Å². The summed E-state index contributed by atoms with van der Waals surface area (Å²) in [5.74, 6) is 2.04. The summed E-state index contributed by atoms with van der Waals surface area (Å²) in [5.41, 5.74) is 2.23. The first kappa shape index (κ1) is 21.9. The third kappa shape index (κ3) is 5.09. The zero-order chi connectivity index (χ0) is 20.9. The van der Waals surface area contributed by atoms with E-state index in [4.69, 9.17) is 26.1 Å². The molecule has 1 fully saturated rings. The minimum atomic E-state index is 0.150. The molecule has 1 N–H and O–H groups in total. The summed E-state index contributed by atoms with van der Waals surface area (Å²) in [4.78, 5) is 4.81. The summed E-state index contributed by atoms with van der Waals surface area (Å²) in [5, 5.41) is 4.55. The summed E-state index contributed by atoms with van der Waals surface area (Å²) in [6, 6.07) is 0.259. The number of hydrogen-bond acceptors (Lipinski definition) is 4. The van der Waals surface area contributed by atoms with E-state index in [2.05, 4.69) is 30.1 Å². The highest BCUT2D eigenvalue weighted by molar-refractivity contribution is 6.30. The summed E-state index contributed by atoms with van der Waals surface area (Å²) >= 11 is 6.30. The van der Waals surface area contributed by atoms with E-state index in [-0.39, 0.29) is 18.2 Å². The Labute approximate surface area is 186 Å². The highest BCUT2D eigenvalue weighted by Crippen LogP contribution is 2.32. The summed E-state index contributed by atoms with van der Waals surface area (Å²) in [6.07, 6.45) is 18.2. The fourth-order valence-electron chi connectivity index (χ4n) is 5.18. The van der Waals surface area contributed by atoms with Crippen LogP contribution < -0.4 is 5.32 Å². The van der Waals surface area contributed by atoms with Crippen molar-refractivity contribution in [3.63, 3.8) is 0 Å². The van der Waals surface area contributed by atoms with Crippen LogP contribution in [-0.4, -0.2) is 44.3 Å². The summed E-state index contributed by atoms with van der Waals surface area (Å²) < 4.78 is 12.2. The lowest BCUT2D eigenvalue weighted by molar-refractivity contribution is -0.0216. The van der Waals surface area contributed by atoms with Crippen molar-refractivity contribution >= 4 is 17.4 Å². The minimum Gasteiger partial charge on any atom is -0.381 e. The van der Waals surface area contributed by atoms with Crippen LogP contribution in [0.1, 0.15) is 51.4 Å². The molecule has 3 aliphatic carbocycles. The van der Waals surface area contributed by atoms with Crippen molar-refractivity contribution in [2.24, 2.45) is 16.8 Å². The van der Waals surface area contributed by atoms with Crippen molar-refractivity contribution in [2.75, 3.05) is 20.3 Å². The molecule has 0 radical (unpaired) electrons. The van der Waals surface area contributed by atoms with Crippen molar-refractivity contribution < 1.29 is 9.47 Å². The fourth-order valence-corrected chi connectivity index (χ4v) is 5.40. The molecule has 5 heteroatoms. The Hall–Kier alpha value is -1.36. The molecular formula is C25H35ClN2O2. The second-order valence-electron chi connectivity index (χ2n) is 9.02. The van der Waals surface area contributed by atoms with Gasteiger partial charge in [0.25, 0.3) is 0 Å². The normalized spacial score (nSPS) is 32.6. The average molecular weight is 431 g/mol. The Balaban J connectivity index is 1.34. The quantitative estimate of drug-likeness (QED) is 0.556. The molecule has 0 bridgehead atoms. The van der Waals surface area contributed by atoms with E-state index in [1.165, 1.54) is 37.7 Å². The van der Waals surface area contributed by atoms with Gasteiger partial charge in [-0.2, -0.15) is 0 Å². The first-order valence-electron chi connectivity index (χ1n) is 11.5. The second-order valence-corrected chi connectivity index (χ2v) is 9.48. The Morgan fingerprint density at radius 3 is 2.83 bits per heavy atom. The first-order valence-corrected chi connectivity index (χ1v) is 11.9. The number of hydrogen-bond donors (Lipinski definition) is 1. The van der Waals surface area contributed by atoms with E-state index in [1.54, 1.807) is 0 Å². The smallest absolute Gasteiger partial charge is 0.124 e. The maximum Gasteiger partial charge on any atom is 0.124 e. The van der Waals surface area contributed by atoms with Crippen molar-refractivity contribution in [1.29, 1.82) is 0 Å². The molecule has 3 unspecified atom stereocenters. The molecule has 4 rings (SSSR count). The number of allylic oxidation sites excluding steroid dienone is 4. The van der Waals surface area contributed by atoms with Gasteiger partial charge in [-0.3, -0.25) is 4.99 Å². The zero-order valence-electron chi connectivity index (χ0n) is 18.1. The molecule has 0 aromatic carbocycles. The van der Waals surface area contributed by atoms with Crippen molar-refractivity contribution in [1.82, 2.24) is 5.32 Å². The largest absolute Gasteiger partial charge is 0.381 e. The van der Waals surface area contributed by atoms with Crippen LogP contribution in [0.4, 0.5) is 0 Å². The highest BCUT2D eigenvalue weighted by atomic mass is 35.5. The predicted octanol–water partition coefficient (Wildman–Crippen LogP) is 5.31. The maximum atomic E-state index is 6.30. The van der Waals surface area contributed by atoms with Gasteiger partial charge in [0, 0.05) is 24.5 Å². The lowest BCUT2D eigenvalue weighted by atomic mass is 9.85. The maximum absolute atomic E-state index is 6.30. The second kappa shape index (κ2) is 10.3. The fraction of sp³-hybridized carbons (Fsp3) is 0.640. The molecule has 1 aliphatic heterocycles. The summed E-state index contributed by atoms with van der Waals surface area (Å²) in [7, 11) is 1.82. The third-order valence-corrected chi connectivity index (χ3v) is 7.44. The SMILES string of the molecule is C=CC1=C(Cl)CCC(C2=NC[C@H](C3C=CC(OCC4CCCCC4)CC3OC)N2)=C1. The van der Waals surface area contributed by atoms with Gasteiger partial charge < -0.3 is 14.8 Å². The van der Waals surface area contributed by atoms with Crippen LogP contribution in [-0.2, 0) is 9.47 Å². The molecule has 1 heterocycles. The molecule has 30 heavy (non-hydrogen) atoms. The number of methoxy groups -OCH3 is 1. The molecule has 0 aromatic heterocycles. The molecular weight excluding hydrogens is 396 g/mol. The number of aliphatic imine (C=N–C) groups is 1. The van der Waals surface area contributed by atoms with Gasteiger partial charge in [-0.25, -0.2) is 0 Å². The number of nitrogens with zero attached hydrogens (tertiary/aromatic N) is 1. The topological polar surface area (TPSA) is 42.9 Å². The monoisotopic (exact) mass is 430 g/mol. The molecule has 1 saturated carbocycles. The van der Waals surface area contributed by atoms with Crippen LogP contribution >= 0.6 is 11.6 Å². The number of halogens is 1. The molecule has 0 amide bonds. The van der Waals surface area contributed by atoms with Crippen LogP contribution in [0.5, 0.6) is 0 Å². The van der Waals surface area contributed by atoms with E-state index < -0.39 is 0 Å². The van der Waals surface area contributed by atoms with Gasteiger partial charge in [-0.05, 0) is 48.8 Å². The Morgan fingerprint density at radius 2 is 2.07 bits per heavy atom. The number of rotatable bonds is 7. The number of ether oxygens (including phenoxy) is 2. The van der Waals surface area contributed by atoms with Crippen LogP contribution in [0.15, 0.2) is 52.1 Å². The number of amidine groups is 1. The minimum absolute atomic E-state index is 0.150. The van der Waals surface area contributed by atoms with Gasteiger partial charge in [0.05, 0.1) is 31.4 Å². The Morgan fingerprint density at radius 1 is 1.23 bits per heavy atom. The van der Waals surface area contributed by atoms with E-state index in [9.17, 15) is 0 Å². The van der Waals surface area contributed by atoms with Crippen LogP contribution in [0.3, 0.4) is 0 Å². The first-order chi connectivity index (χ1) is 14.7. The highest BCUT2D eigenvalue weighted by Gasteiger charge is 2.36. The summed E-state index contributed by atoms with van der Waals surface area (Å²) in [6.45, 7) is 5.54. The van der Waals surface area contributed by atoms with Crippen molar-refractivity contribution in [3.05, 3.63) is 47.1 Å². The molecule has 0 saturated heterocycles. The van der Waals surface area contributed by atoms with Gasteiger partial charge in [0.2, 0.25) is 0 Å². The molecule has 4 nitrogen and oxygen atoms in total. The molecule has 0 aromatic rings. The van der Waals surface area contributed by atoms with Crippen molar-refractivity contribution in [3.8, 4) is 0 Å². The van der Waals surface area contributed by atoms with Crippen LogP contribution in [0.25, 0.3) is 0 Å². The van der Waals surface area contributed by atoms with Gasteiger partial charge in [0.15, 0.2) is 0 Å². The van der Waals surface area contributed by atoms with Gasteiger partial charge in [0.1, 0.15) is 5.84 Å². The molecule has 0 spiro atoms. The molecule has 4 atom stereocenters. The van der Waals surface area contributed by atoms with E-state index >= 15 is 0 Å². The lowest BCUT2D eigenvalue weighted by Gasteiger charge is -2.35. The standard InChI is InChI=1S/C25H35ClN2O2/c1-3-18-13-19(9-12-22(18)26)25-27-15-23(28-25)21-11-10-20(14-24(21)29-2)30-16-17-7-5-4-6-8-17/h3,10-11,13,17,20-21,23-24H,1,4-9,12,14-16H2,2H3,(H,27,28)/t20?,21?,23-,24?/m1/s1. The molecule has 4 aliphatic rings. The lowest BCUT2D eigenvalue weighted by Crippen LogP contribution is -2.45. The van der Waals surface area contributed by atoms with Gasteiger partial charge >= 0.3 is 0 Å². The van der Waals surface area contributed by atoms with Crippen LogP contribution in [0, 0.1) is 11.8 Å². The van der Waals surface area contributed by atoms with E-state index in [1.807, 2.05) is 13.2 Å². The zero-order valence-corrected chi connectivity index (χ0v) is 18.9. The number of nitrogens with one attached hydrogen (secondary N) is 1. The van der Waals surface area contributed by atoms with E-state index in [0.717, 1.165) is 54.8 Å². The Kier molecular flexibility index (Phi) is 7.50. The molecule has 164 valence electrons. The third-order valence-electron chi connectivity index (χ3n) is 7.03. The Bertz CT molecular complexity index is 748. The van der Waals surface area contributed by atoms with Gasteiger partial charge in [-0.1, -0.05) is 55.7 Å². The van der Waals surface area contributed by atoms with Gasteiger partial charge in [-0.15, -0.1) is 0 Å². The average Bonchev–Trinajstić information content (AvgIpc) is 3.28. The predicted molar refractivity (Wildman–Crippen MR) is 124 cm³/mol. The van der Waals surface area contributed by atoms with E-state index in [0.29, 0.717) is 5.92 Å². The van der Waals surface area contributed by atoms with Crippen LogP contribution in [0.2, 0.25) is 0 Å².